The molecule has 6 nitrogen and oxygen atoms in total. The fraction of sp³-hybridized carbons (Fsp3) is 0.429. The van der Waals surface area contributed by atoms with Crippen LogP contribution < -0.4 is 15.4 Å². The molecule has 0 heterocycles. The number of ether oxygens (including phenoxy) is 1. The van der Waals surface area contributed by atoms with Crippen molar-refractivity contribution in [3.63, 3.8) is 0 Å². The van der Waals surface area contributed by atoms with Crippen LogP contribution >= 0.6 is 0 Å². The molecule has 0 radical (unpaired) electrons. The highest BCUT2D eigenvalue weighted by Crippen LogP contribution is 2.23. The van der Waals surface area contributed by atoms with E-state index in [0.717, 1.165) is 0 Å². The first-order valence-electron chi connectivity index (χ1n) is 6.45. The van der Waals surface area contributed by atoms with E-state index in [-0.39, 0.29) is 24.8 Å². The van der Waals surface area contributed by atoms with Crippen LogP contribution in [0.3, 0.4) is 0 Å². The number of aliphatic hydroxyl groups is 1. The van der Waals surface area contributed by atoms with E-state index in [4.69, 9.17) is 9.84 Å². The van der Waals surface area contributed by atoms with Gasteiger partial charge in [0.05, 0.1) is 7.11 Å². The molecule has 0 saturated carbocycles. The van der Waals surface area contributed by atoms with Gasteiger partial charge in [0.1, 0.15) is 12.5 Å². The lowest BCUT2D eigenvalue weighted by atomic mass is 10.1. The molecule has 0 aromatic heterocycles. The van der Waals surface area contributed by atoms with Gasteiger partial charge in [-0.3, -0.25) is 9.59 Å². The van der Waals surface area contributed by atoms with Gasteiger partial charge in [-0.15, -0.1) is 0 Å². The zero-order valence-corrected chi connectivity index (χ0v) is 11.7. The number of Topliss-reactive ketones (excluding diaryl/α,β-unsaturated/α-hetero) is 1. The van der Waals surface area contributed by atoms with Crippen LogP contribution in [0.4, 0.5) is 5.69 Å². The van der Waals surface area contributed by atoms with Crippen LogP contribution in [-0.2, 0) is 4.79 Å². The molecule has 20 heavy (non-hydrogen) atoms. The third-order valence-electron chi connectivity index (χ3n) is 2.79. The Balaban J connectivity index is 2.76. The molecule has 1 aromatic carbocycles. The van der Waals surface area contributed by atoms with Crippen molar-refractivity contribution in [2.75, 3.05) is 25.7 Å². The normalized spacial score (nSPS) is 9.95. The number of hydrogen-bond acceptors (Lipinski definition) is 5. The lowest BCUT2D eigenvalue weighted by Gasteiger charge is -2.11. The lowest BCUT2D eigenvalue weighted by molar-refractivity contribution is -0.120. The van der Waals surface area contributed by atoms with Crippen molar-refractivity contribution in [2.45, 2.75) is 19.8 Å². The van der Waals surface area contributed by atoms with Crippen molar-refractivity contribution in [2.24, 2.45) is 0 Å². The highest BCUT2D eigenvalue weighted by atomic mass is 16.5. The van der Waals surface area contributed by atoms with Crippen LogP contribution in [0, 0.1) is 0 Å². The van der Waals surface area contributed by atoms with Gasteiger partial charge in [0, 0.05) is 30.6 Å². The van der Waals surface area contributed by atoms with Crippen LogP contribution in [0.25, 0.3) is 0 Å². The summed E-state index contributed by atoms with van der Waals surface area (Å²) in [5, 5.41) is 14.3. The zero-order chi connectivity index (χ0) is 15.0. The summed E-state index contributed by atoms with van der Waals surface area (Å²) in [4.78, 5) is 23.3. The highest BCUT2D eigenvalue weighted by Gasteiger charge is 2.13. The molecule has 0 fully saturated rings. The molecule has 3 N–H and O–H groups in total. The Hall–Kier alpha value is -2.08. The number of rotatable bonds is 8. The van der Waals surface area contributed by atoms with Gasteiger partial charge in [-0.25, -0.2) is 0 Å². The predicted molar refractivity (Wildman–Crippen MR) is 76.0 cm³/mol. The Morgan fingerprint density at radius 3 is 2.70 bits per heavy atom. The van der Waals surface area contributed by atoms with Crippen LogP contribution in [0.2, 0.25) is 0 Å². The second kappa shape index (κ2) is 8.16. The van der Waals surface area contributed by atoms with Gasteiger partial charge in [0.15, 0.2) is 5.78 Å². The molecule has 0 aliphatic carbocycles. The number of carbonyl (C=O) groups excluding carboxylic acids is 2. The first-order chi connectivity index (χ1) is 9.62. The lowest BCUT2D eigenvalue weighted by Crippen LogP contribution is -2.25. The molecule has 6 heteroatoms. The van der Waals surface area contributed by atoms with Crippen LogP contribution in [0.15, 0.2) is 18.2 Å². The van der Waals surface area contributed by atoms with E-state index in [1.54, 1.807) is 25.1 Å². The summed E-state index contributed by atoms with van der Waals surface area (Å²) in [5.41, 5.74) is 0.976. The van der Waals surface area contributed by atoms with Gasteiger partial charge in [-0.05, 0) is 18.2 Å². The van der Waals surface area contributed by atoms with Crippen LogP contribution in [0.5, 0.6) is 5.75 Å². The number of anilines is 1. The Morgan fingerprint density at radius 2 is 2.10 bits per heavy atom. The molecule has 0 unspecified atom stereocenters. The number of nitrogens with one attached hydrogen (secondary N) is 2. The minimum absolute atomic E-state index is 0.0860. The second-order valence-corrected chi connectivity index (χ2v) is 4.12. The van der Waals surface area contributed by atoms with Gasteiger partial charge >= 0.3 is 0 Å². The van der Waals surface area contributed by atoms with Crippen LogP contribution in [0.1, 0.15) is 30.1 Å². The van der Waals surface area contributed by atoms with Gasteiger partial charge < -0.3 is 20.5 Å². The van der Waals surface area contributed by atoms with Crippen LogP contribution in [-0.4, -0.2) is 37.2 Å². The topological polar surface area (TPSA) is 87.7 Å². The fourth-order valence-electron chi connectivity index (χ4n) is 1.70. The minimum atomic E-state index is -0.265. The molecule has 1 aromatic rings. The molecule has 0 bridgehead atoms. The number of carbonyl (C=O) groups is 2. The van der Waals surface area contributed by atoms with Crippen molar-refractivity contribution in [3.8, 4) is 5.75 Å². The standard InChI is InChI=1S/C14H20N2O4/c1-3-14(19)15-7-6-13(18)11-8-10(20-2)4-5-12(11)16-9-17/h4-5,8,16-17H,3,6-7,9H2,1-2H3,(H,15,19). The molecular weight excluding hydrogens is 260 g/mol. The molecule has 0 spiro atoms. The number of aliphatic hydroxyl groups excluding tert-OH is 1. The monoisotopic (exact) mass is 280 g/mol. The van der Waals surface area contributed by atoms with Crippen molar-refractivity contribution in [1.82, 2.24) is 5.32 Å². The van der Waals surface area contributed by atoms with Gasteiger partial charge in [0.2, 0.25) is 5.91 Å². The highest BCUT2D eigenvalue weighted by molar-refractivity contribution is 6.01. The summed E-state index contributed by atoms with van der Waals surface area (Å²) in [6, 6.07) is 4.99. The quantitative estimate of drug-likeness (QED) is 0.491. The molecular formula is C14H20N2O4. The maximum Gasteiger partial charge on any atom is 0.219 e. The largest absolute Gasteiger partial charge is 0.497 e. The predicted octanol–water partition coefficient (Wildman–Crippen LogP) is 1.16. The first-order valence-corrected chi connectivity index (χ1v) is 6.45. The average Bonchev–Trinajstić information content (AvgIpc) is 2.47. The second-order valence-electron chi connectivity index (χ2n) is 4.12. The molecule has 0 aliphatic rings. The van der Waals surface area contributed by atoms with E-state index < -0.39 is 0 Å². The van der Waals surface area contributed by atoms with E-state index in [0.29, 0.717) is 30.0 Å². The van der Waals surface area contributed by atoms with Gasteiger partial charge in [-0.2, -0.15) is 0 Å². The summed E-state index contributed by atoms with van der Waals surface area (Å²) in [5.74, 6) is 0.350. The van der Waals surface area contributed by atoms with Crippen molar-refractivity contribution >= 4 is 17.4 Å². The average molecular weight is 280 g/mol. The maximum atomic E-state index is 12.1. The summed E-state index contributed by atoms with van der Waals surface area (Å²) in [6.07, 6.45) is 0.587. The van der Waals surface area contributed by atoms with Crippen molar-refractivity contribution in [3.05, 3.63) is 23.8 Å². The number of ketones is 1. The minimum Gasteiger partial charge on any atom is -0.497 e. The first kappa shape index (κ1) is 16.0. The molecule has 0 saturated heterocycles. The summed E-state index contributed by atoms with van der Waals surface area (Å²) < 4.78 is 5.09. The van der Waals surface area contributed by atoms with E-state index in [1.807, 2.05) is 0 Å². The summed E-state index contributed by atoms with van der Waals surface area (Å²) >= 11 is 0. The van der Waals surface area contributed by atoms with E-state index >= 15 is 0 Å². The smallest absolute Gasteiger partial charge is 0.219 e. The zero-order valence-electron chi connectivity index (χ0n) is 11.7. The van der Waals surface area contributed by atoms with E-state index in [2.05, 4.69) is 10.6 Å². The molecule has 110 valence electrons. The SMILES string of the molecule is CCC(=O)NCCC(=O)c1cc(OC)ccc1NCO. The van der Waals surface area contributed by atoms with E-state index in [9.17, 15) is 9.59 Å². The molecule has 0 atom stereocenters. The number of methoxy groups -OCH3 is 1. The molecule has 0 aliphatic heterocycles. The Kier molecular flexibility index (Phi) is 6.52. The number of hydrogen-bond donors (Lipinski definition) is 3. The number of benzene rings is 1. The van der Waals surface area contributed by atoms with Gasteiger partial charge in [0.25, 0.3) is 0 Å². The Labute approximate surface area is 118 Å². The summed E-state index contributed by atoms with van der Waals surface area (Å²) in [7, 11) is 1.52. The maximum absolute atomic E-state index is 12.1. The van der Waals surface area contributed by atoms with Gasteiger partial charge in [-0.1, -0.05) is 6.92 Å². The Morgan fingerprint density at radius 1 is 1.35 bits per heavy atom. The fourth-order valence-corrected chi connectivity index (χ4v) is 1.70. The molecule has 1 amide bonds. The number of amides is 1. The Bertz CT molecular complexity index is 474. The van der Waals surface area contributed by atoms with Crippen molar-refractivity contribution < 1.29 is 19.4 Å². The summed E-state index contributed by atoms with van der Waals surface area (Å²) in [6.45, 7) is 1.78. The van der Waals surface area contributed by atoms with E-state index in [1.165, 1.54) is 7.11 Å². The van der Waals surface area contributed by atoms with Crippen molar-refractivity contribution in [1.29, 1.82) is 0 Å². The third-order valence-corrected chi connectivity index (χ3v) is 2.79. The third kappa shape index (κ3) is 4.55. The molecule has 1 rings (SSSR count).